The van der Waals surface area contributed by atoms with Gasteiger partial charge in [0.25, 0.3) is 0 Å². The van der Waals surface area contributed by atoms with E-state index in [9.17, 15) is 0 Å². The van der Waals surface area contributed by atoms with E-state index in [1.807, 2.05) is 0 Å². The maximum atomic E-state index is 3.81. The second-order valence-corrected chi connectivity index (χ2v) is 6.17. The minimum Gasteiger partial charge on any atom is -0.0651 e. The van der Waals surface area contributed by atoms with Crippen molar-refractivity contribution in [2.45, 2.75) is 46.5 Å². The molecule has 0 saturated carbocycles. The third kappa shape index (κ3) is 3.15. The molecule has 0 unspecified atom stereocenters. The molecule has 20 heavy (non-hydrogen) atoms. The van der Waals surface area contributed by atoms with Gasteiger partial charge in [0.15, 0.2) is 0 Å². The van der Waals surface area contributed by atoms with Crippen molar-refractivity contribution in [1.29, 1.82) is 0 Å². The summed E-state index contributed by atoms with van der Waals surface area (Å²) in [4.78, 5) is 0. The third-order valence-corrected chi connectivity index (χ3v) is 4.86. The van der Waals surface area contributed by atoms with Crippen LogP contribution < -0.4 is 0 Å². The summed E-state index contributed by atoms with van der Waals surface area (Å²) < 4.78 is 1.29. The zero-order chi connectivity index (χ0) is 14.5. The van der Waals surface area contributed by atoms with E-state index in [2.05, 4.69) is 73.1 Å². The summed E-state index contributed by atoms with van der Waals surface area (Å²) in [5.41, 5.74) is 7.07. The van der Waals surface area contributed by atoms with Crippen molar-refractivity contribution in [3.05, 3.63) is 57.6 Å². The van der Waals surface area contributed by atoms with Gasteiger partial charge in [-0.15, -0.1) is 0 Å². The van der Waals surface area contributed by atoms with Gasteiger partial charge in [0.05, 0.1) is 0 Å². The number of hydrogen-bond acceptors (Lipinski definition) is 0. The zero-order valence-corrected chi connectivity index (χ0v) is 14.3. The molecule has 0 fully saturated rings. The molecular weight excluding hydrogens is 308 g/mol. The normalized spacial score (nSPS) is 10.8. The lowest BCUT2D eigenvalue weighted by atomic mass is 9.90. The van der Waals surface area contributed by atoms with Gasteiger partial charge < -0.3 is 0 Å². The second-order valence-electron chi connectivity index (χ2n) is 5.37. The molecule has 0 aliphatic carbocycles. The van der Waals surface area contributed by atoms with Crippen LogP contribution in [-0.4, -0.2) is 0 Å². The maximum Gasteiger partial charge on any atom is 0.0242 e. The Hall–Kier alpha value is -1.08. The van der Waals surface area contributed by atoms with Gasteiger partial charge in [-0.1, -0.05) is 79.0 Å². The van der Waals surface area contributed by atoms with E-state index >= 15 is 0 Å². The predicted octanol–water partition coefficient (Wildman–Crippen LogP) is 6.33. The van der Waals surface area contributed by atoms with Crippen LogP contribution >= 0.6 is 15.9 Å². The minimum atomic E-state index is 1.15. The highest BCUT2D eigenvalue weighted by atomic mass is 79.9. The highest BCUT2D eigenvalue weighted by molar-refractivity contribution is 9.10. The lowest BCUT2D eigenvalue weighted by Crippen LogP contribution is -1.99. The number of rotatable bonds is 5. The van der Waals surface area contributed by atoms with Crippen LogP contribution in [0.25, 0.3) is 11.1 Å². The van der Waals surface area contributed by atoms with Crippen LogP contribution in [0, 0.1) is 6.92 Å². The Labute approximate surface area is 131 Å². The van der Waals surface area contributed by atoms with Gasteiger partial charge in [0.1, 0.15) is 0 Å². The fraction of sp³-hybridized carbons (Fsp3) is 0.368. The minimum absolute atomic E-state index is 1.15. The quantitative estimate of drug-likeness (QED) is 0.600. The Morgan fingerprint density at radius 2 is 1.50 bits per heavy atom. The van der Waals surface area contributed by atoms with Crippen molar-refractivity contribution >= 4 is 15.9 Å². The first-order chi connectivity index (χ1) is 9.69. The molecule has 0 spiro atoms. The van der Waals surface area contributed by atoms with Gasteiger partial charge in [0, 0.05) is 4.47 Å². The van der Waals surface area contributed by atoms with Crippen LogP contribution in [0.1, 0.15) is 43.4 Å². The molecule has 2 aromatic rings. The molecule has 0 radical (unpaired) electrons. The van der Waals surface area contributed by atoms with Crippen molar-refractivity contribution in [2.75, 3.05) is 0 Å². The van der Waals surface area contributed by atoms with Crippen molar-refractivity contribution < 1.29 is 0 Å². The zero-order valence-electron chi connectivity index (χ0n) is 12.7. The van der Waals surface area contributed by atoms with Crippen LogP contribution in [0.3, 0.4) is 0 Å². The Morgan fingerprint density at radius 1 is 0.900 bits per heavy atom. The molecule has 0 N–H and O–H groups in total. The molecule has 0 atom stereocenters. The van der Waals surface area contributed by atoms with Crippen molar-refractivity contribution in [3.8, 4) is 11.1 Å². The predicted molar refractivity (Wildman–Crippen MR) is 92.3 cm³/mol. The molecule has 2 rings (SSSR count). The van der Waals surface area contributed by atoms with Gasteiger partial charge in [0.2, 0.25) is 0 Å². The summed E-state index contributed by atoms with van der Waals surface area (Å²) >= 11 is 3.81. The van der Waals surface area contributed by atoms with Crippen LogP contribution in [0.15, 0.2) is 40.9 Å². The van der Waals surface area contributed by atoms with Crippen LogP contribution in [0.4, 0.5) is 0 Å². The summed E-state index contributed by atoms with van der Waals surface area (Å²) in [6, 6.07) is 13.2. The average molecular weight is 331 g/mol. The lowest BCUT2D eigenvalue weighted by Gasteiger charge is -2.18. The van der Waals surface area contributed by atoms with Crippen LogP contribution in [0.2, 0.25) is 0 Å². The molecule has 106 valence electrons. The molecule has 0 aliphatic heterocycles. The molecule has 0 amide bonds. The molecule has 0 heterocycles. The smallest absolute Gasteiger partial charge is 0.0242 e. The van der Waals surface area contributed by atoms with Crippen LogP contribution in [-0.2, 0) is 12.8 Å². The molecule has 2 aromatic carbocycles. The van der Waals surface area contributed by atoms with Gasteiger partial charge in [-0.25, -0.2) is 0 Å². The fourth-order valence-electron chi connectivity index (χ4n) is 2.86. The lowest BCUT2D eigenvalue weighted by molar-refractivity contribution is 0.890. The van der Waals surface area contributed by atoms with E-state index in [1.54, 1.807) is 0 Å². The molecule has 0 aromatic heterocycles. The SMILES string of the molecule is CCCc1cc(CCC)c(-c2ccccc2)c(C)c1Br. The standard InChI is InChI=1S/C19H23Br/c1-4-9-16-13-17(10-5-2)19(20)14(3)18(16)15-11-7-6-8-12-15/h6-8,11-13H,4-5,9-10H2,1-3H3. The fourth-order valence-corrected chi connectivity index (χ4v) is 3.37. The van der Waals surface area contributed by atoms with Gasteiger partial charge in [-0.3, -0.25) is 0 Å². The number of aryl methyl sites for hydroxylation is 2. The van der Waals surface area contributed by atoms with E-state index in [4.69, 9.17) is 0 Å². The number of hydrogen-bond donors (Lipinski definition) is 0. The average Bonchev–Trinajstić information content (AvgIpc) is 2.46. The molecule has 0 saturated heterocycles. The first kappa shape index (κ1) is 15.3. The second kappa shape index (κ2) is 7.08. The molecular formula is C19H23Br. The largest absolute Gasteiger partial charge is 0.0651 e. The Kier molecular flexibility index (Phi) is 5.42. The van der Waals surface area contributed by atoms with Crippen molar-refractivity contribution in [1.82, 2.24) is 0 Å². The van der Waals surface area contributed by atoms with Gasteiger partial charge in [-0.2, -0.15) is 0 Å². The van der Waals surface area contributed by atoms with Crippen LogP contribution in [0.5, 0.6) is 0 Å². The summed E-state index contributed by atoms with van der Waals surface area (Å²) in [6.45, 7) is 6.74. The Morgan fingerprint density at radius 3 is 2.10 bits per heavy atom. The number of benzene rings is 2. The van der Waals surface area contributed by atoms with E-state index in [-0.39, 0.29) is 0 Å². The van der Waals surface area contributed by atoms with E-state index < -0.39 is 0 Å². The Bertz CT molecular complexity index is 570. The van der Waals surface area contributed by atoms with E-state index in [0.717, 1.165) is 12.8 Å². The third-order valence-electron chi connectivity index (χ3n) is 3.76. The maximum absolute atomic E-state index is 3.81. The Balaban J connectivity index is 2.63. The highest BCUT2D eigenvalue weighted by Gasteiger charge is 2.14. The molecule has 1 heteroatoms. The van der Waals surface area contributed by atoms with Gasteiger partial charge in [-0.05, 0) is 47.6 Å². The summed E-state index contributed by atoms with van der Waals surface area (Å²) in [6.07, 6.45) is 4.67. The van der Waals surface area contributed by atoms with E-state index in [0.29, 0.717) is 0 Å². The summed E-state index contributed by atoms with van der Waals surface area (Å²) in [5.74, 6) is 0. The summed E-state index contributed by atoms with van der Waals surface area (Å²) in [5, 5.41) is 0. The van der Waals surface area contributed by atoms with Crippen molar-refractivity contribution in [3.63, 3.8) is 0 Å². The monoisotopic (exact) mass is 330 g/mol. The summed E-state index contributed by atoms with van der Waals surface area (Å²) in [7, 11) is 0. The molecule has 0 nitrogen and oxygen atoms in total. The first-order valence-corrected chi connectivity index (χ1v) is 8.34. The highest BCUT2D eigenvalue weighted by Crippen LogP contribution is 2.36. The number of halogens is 1. The first-order valence-electron chi connectivity index (χ1n) is 7.55. The van der Waals surface area contributed by atoms with E-state index in [1.165, 1.54) is 45.1 Å². The van der Waals surface area contributed by atoms with Crippen molar-refractivity contribution in [2.24, 2.45) is 0 Å². The van der Waals surface area contributed by atoms with Gasteiger partial charge >= 0.3 is 0 Å². The topological polar surface area (TPSA) is 0 Å². The molecule has 0 aliphatic rings. The molecule has 0 bridgehead atoms.